The fourth-order valence-electron chi connectivity index (χ4n) is 2.96. The van der Waals surface area contributed by atoms with Gasteiger partial charge < -0.3 is 29.2 Å². The Morgan fingerprint density at radius 1 is 0.586 bits per heavy atom. The van der Waals surface area contributed by atoms with E-state index in [0.29, 0.717) is 36.2 Å². The van der Waals surface area contributed by atoms with Crippen molar-refractivity contribution in [3.8, 4) is 23.0 Å². The predicted octanol–water partition coefficient (Wildman–Crippen LogP) is 4.10. The third-order valence-corrected chi connectivity index (χ3v) is 4.63. The molecule has 0 spiro atoms. The first kappa shape index (κ1) is 22.8. The minimum atomic E-state index is -0.0128. The molecule has 0 saturated carbocycles. The lowest BCUT2D eigenvalue weighted by atomic mass is 10.1. The number of aliphatic hydroxyl groups is 2. The van der Waals surface area contributed by atoms with Crippen molar-refractivity contribution in [3.05, 3.63) is 47.5 Å². The van der Waals surface area contributed by atoms with Crippen molar-refractivity contribution in [1.29, 1.82) is 0 Å². The van der Waals surface area contributed by atoms with E-state index in [9.17, 15) is 10.2 Å². The maximum atomic E-state index is 9.17. The molecule has 160 valence electrons. The highest BCUT2D eigenvalue weighted by molar-refractivity contribution is 5.43. The third kappa shape index (κ3) is 7.48. The van der Waals surface area contributed by atoms with Gasteiger partial charge in [0.05, 0.1) is 40.6 Å². The van der Waals surface area contributed by atoms with E-state index in [0.717, 1.165) is 43.2 Å². The van der Waals surface area contributed by atoms with Crippen LogP contribution in [0.1, 0.15) is 43.2 Å². The number of unbranched alkanes of at least 4 members (excludes halogenated alkanes) is 4. The van der Waals surface area contributed by atoms with Gasteiger partial charge in [-0.2, -0.15) is 0 Å². The van der Waals surface area contributed by atoms with Crippen molar-refractivity contribution in [3.63, 3.8) is 0 Å². The molecular weight excluding hydrogens is 372 g/mol. The molecule has 0 fully saturated rings. The Hall–Kier alpha value is -2.44. The molecule has 0 aliphatic carbocycles. The molecule has 0 bridgehead atoms. The second-order valence-electron chi connectivity index (χ2n) is 6.75. The molecule has 0 unspecified atom stereocenters. The average Bonchev–Trinajstić information content (AvgIpc) is 2.77. The summed E-state index contributed by atoms with van der Waals surface area (Å²) < 4.78 is 22.2. The van der Waals surface area contributed by atoms with Crippen LogP contribution in [-0.4, -0.2) is 37.6 Å². The van der Waals surface area contributed by atoms with Crippen molar-refractivity contribution in [2.75, 3.05) is 27.4 Å². The molecule has 0 amide bonds. The molecule has 0 aliphatic rings. The third-order valence-electron chi connectivity index (χ3n) is 4.63. The number of benzene rings is 2. The van der Waals surface area contributed by atoms with Crippen LogP contribution < -0.4 is 18.9 Å². The minimum Gasteiger partial charge on any atom is -0.493 e. The van der Waals surface area contributed by atoms with Crippen LogP contribution in [-0.2, 0) is 13.2 Å². The van der Waals surface area contributed by atoms with E-state index in [-0.39, 0.29) is 13.2 Å². The molecule has 2 N–H and O–H groups in total. The average molecular weight is 405 g/mol. The van der Waals surface area contributed by atoms with E-state index in [4.69, 9.17) is 18.9 Å². The van der Waals surface area contributed by atoms with Crippen LogP contribution in [0.3, 0.4) is 0 Å². The molecule has 2 aromatic carbocycles. The molecule has 29 heavy (non-hydrogen) atoms. The molecule has 2 aromatic rings. The second-order valence-corrected chi connectivity index (χ2v) is 6.75. The summed E-state index contributed by atoms with van der Waals surface area (Å²) >= 11 is 0. The van der Waals surface area contributed by atoms with Crippen LogP contribution in [0, 0.1) is 0 Å². The molecular formula is C23H32O6. The Balaban J connectivity index is 1.58. The van der Waals surface area contributed by atoms with E-state index in [1.54, 1.807) is 26.4 Å². The summed E-state index contributed by atoms with van der Waals surface area (Å²) in [7, 11) is 3.20. The Morgan fingerprint density at radius 3 is 1.38 bits per heavy atom. The van der Waals surface area contributed by atoms with Crippen LogP contribution in [0.4, 0.5) is 0 Å². The lowest BCUT2D eigenvalue weighted by Crippen LogP contribution is -2.01. The fraction of sp³-hybridized carbons (Fsp3) is 0.478. The minimum absolute atomic E-state index is 0.0128. The molecule has 6 heteroatoms. The number of hydrogen-bond acceptors (Lipinski definition) is 6. The zero-order chi connectivity index (χ0) is 20.9. The van der Waals surface area contributed by atoms with Crippen molar-refractivity contribution in [2.24, 2.45) is 0 Å². The zero-order valence-electron chi connectivity index (χ0n) is 17.4. The highest BCUT2D eigenvalue weighted by Crippen LogP contribution is 2.29. The van der Waals surface area contributed by atoms with Gasteiger partial charge in [0.2, 0.25) is 0 Å². The standard InChI is InChI=1S/C23H32O6/c1-26-22-14-18(16-24)8-10-20(22)28-12-6-4-3-5-7-13-29-21-11-9-19(17-25)15-23(21)27-2/h8-11,14-15,24-25H,3-7,12-13,16-17H2,1-2H3. The molecule has 0 saturated heterocycles. The smallest absolute Gasteiger partial charge is 0.161 e. The molecule has 0 radical (unpaired) electrons. The summed E-state index contributed by atoms with van der Waals surface area (Å²) in [5.41, 5.74) is 1.61. The van der Waals surface area contributed by atoms with Gasteiger partial charge in [0, 0.05) is 0 Å². The Labute approximate surface area is 173 Å². The van der Waals surface area contributed by atoms with Crippen LogP contribution in [0.25, 0.3) is 0 Å². The van der Waals surface area contributed by atoms with Crippen molar-refractivity contribution in [2.45, 2.75) is 45.3 Å². The molecule has 0 aliphatic heterocycles. The van der Waals surface area contributed by atoms with E-state index in [2.05, 4.69) is 0 Å². The summed E-state index contributed by atoms with van der Waals surface area (Å²) in [4.78, 5) is 0. The Kier molecular flexibility index (Phi) is 10.2. The van der Waals surface area contributed by atoms with Gasteiger partial charge in [0.15, 0.2) is 23.0 Å². The van der Waals surface area contributed by atoms with Gasteiger partial charge in [0.1, 0.15) is 0 Å². The quantitative estimate of drug-likeness (QED) is 0.462. The molecule has 0 heterocycles. The van der Waals surface area contributed by atoms with Gasteiger partial charge in [-0.25, -0.2) is 0 Å². The summed E-state index contributed by atoms with van der Waals surface area (Å²) in [5, 5.41) is 18.3. The number of methoxy groups -OCH3 is 2. The summed E-state index contributed by atoms with van der Waals surface area (Å²) in [6, 6.07) is 10.9. The van der Waals surface area contributed by atoms with Crippen molar-refractivity contribution >= 4 is 0 Å². The highest BCUT2D eigenvalue weighted by Gasteiger charge is 2.06. The Bertz CT molecular complexity index is 670. The second kappa shape index (κ2) is 12.9. The lowest BCUT2D eigenvalue weighted by molar-refractivity contribution is 0.270. The number of ether oxygens (including phenoxy) is 4. The molecule has 0 atom stereocenters. The first-order chi connectivity index (χ1) is 14.2. The van der Waals surface area contributed by atoms with Crippen LogP contribution in [0.2, 0.25) is 0 Å². The summed E-state index contributed by atoms with van der Waals surface area (Å²) in [5.74, 6) is 2.71. The van der Waals surface area contributed by atoms with Gasteiger partial charge in [-0.3, -0.25) is 0 Å². The number of aliphatic hydroxyl groups excluding tert-OH is 2. The first-order valence-electron chi connectivity index (χ1n) is 10.0. The van der Waals surface area contributed by atoms with Gasteiger partial charge in [-0.05, 0) is 48.2 Å². The highest BCUT2D eigenvalue weighted by atomic mass is 16.5. The maximum Gasteiger partial charge on any atom is 0.161 e. The zero-order valence-corrected chi connectivity index (χ0v) is 17.4. The van der Waals surface area contributed by atoms with E-state index >= 15 is 0 Å². The molecule has 6 nitrogen and oxygen atoms in total. The van der Waals surface area contributed by atoms with Crippen LogP contribution >= 0.6 is 0 Å². The SMILES string of the molecule is COc1cc(CO)ccc1OCCCCCCCOc1ccc(CO)cc1OC. The topological polar surface area (TPSA) is 77.4 Å². The molecule has 2 rings (SSSR count). The van der Waals surface area contributed by atoms with E-state index in [1.807, 2.05) is 24.3 Å². The normalized spacial score (nSPS) is 10.6. The summed E-state index contributed by atoms with van der Waals surface area (Å²) in [6.07, 6.45) is 5.25. The lowest BCUT2D eigenvalue weighted by Gasteiger charge is -2.12. The first-order valence-corrected chi connectivity index (χ1v) is 10.0. The van der Waals surface area contributed by atoms with Crippen molar-refractivity contribution < 1.29 is 29.2 Å². The number of hydrogen-bond donors (Lipinski definition) is 2. The van der Waals surface area contributed by atoms with Crippen LogP contribution in [0.15, 0.2) is 36.4 Å². The fourth-order valence-corrected chi connectivity index (χ4v) is 2.96. The van der Waals surface area contributed by atoms with Gasteiger partial charge in [0.25, 0.3) is 0 Å². The van der Waals surface area contributed by atoms with Gasteiger partial charge >= 0.3 is 0 Å². The Morgan fingerprint density at radius 2 is 1.00 bits per heavy atom. The predicted molar refractivity (Wildman–Crippen MR) is 112 cm³/mol. The van der Waals surface area contributed by atoms with Gasteiger partial charge in [-0.1, -0.05) is 31.4 Å². The van der Waals surface area contributed by atoms with Crippen molar-refractivity contribution in [1.82, 2.24) is 0 Å². The van der Waals surface area contributed by atoms with Gasteiger partial charge in [-0.15, -0.1) is 0 Å². The maximum absolute atomic E-state index is 9.17. The van der Waals surface area contributed by atoms with Crippen LogP contribution in [0.5, 0.6) is 23.0 Å². The van der Waals surface area contributed by atoms with E-state index < -0.39 is 0 Å². The number of rotatable bonds is 14. The van der Waals surface area contributed by atoms with E-state index in [1.165, 1.54) is 0 Å². The monoisotopic (exact) mass is 404 g/mol. The largest absolute Gasteiger partial charge is 0.493 e. The molecule has 0 aromatic heterocycles. The summed E-state index contributed by atoms with van der Waals surface area (Å²) in [6.45, 7) is 1.25.